The lowest BCUT2D eigenvalue weighted by Gasteiger charge is -2.29. The number of thioether (sulfide) groups is 2. The second-order valence-corrected chi connectivity index (χ2v) is 11.1. The van der Waals surface area contributed by atoms with Crippen LogP contribution < -0.4 is 9.64 Å². The number of benzene rings is 3. The molecule has 3 aromatic carbocycles. The van der Waals surface area contributed by atoms with Gasteiger partial charge in [0.25, 0.3) is 11.6 Å². The van der Waals surface area contributed by atoms with Crippen molar-refractivity contribution in [3.8, 4) is 5.75 Å². The van der Waals surface area contributed by atoms with Crippen LogP contribution in [0, 0.1) is 10.1 Å². The average Bonchev–Trinajstić information content (AvgIpc) is 3.05. The average molecular weight is 568 g/mol. The molecule has 39 heavy (non-hydrogen) atoms. The Kier molecular flexibility index (Phi) is 9.16. The van der Waals surface area contributed by atoms with Crippen LogP contribution in [-0.4, -0.2) is 68.4 Å². The van der Waals surface area contributed by atoms with E-state index in [0.29, 0.717) is 23.7 Å². The molecule has 0 radical (unpaired) electrons. The molecule has 1 amide bonds. The Morgan fingerprint density at radius 3 is 2.49 bits per heavy atom. The van der Waals surface area contributed by atoms with Crippen molar-refractivity contribution in [3.05, 3.63) is 88.0 Å². The van der Waals surface area contributed by atoms with Crippen LogP contribution in [0.2, 0.25) is 0 Å². The second-order valence-electron chi connectivity index (χ2n) is 9.04. The SMILES string of the molecule is COc1ccc([C@@H]2Sc3ccccc3N(CCN(C)C)C(=O)[C@@H]2OC(=O)c2ccc([N+](=O)[O-])cc2SC)cc1. The number of hydrogen-bond donors (Lipinski definition) is 0. The molecule has 1 aliphatic heterocycles. The minimum Gasteiger partial charge on any atom is -0.497 e. The van der Waals surface area contributed by atoms with Crippen LogP contribution in [0.5, 0.6) is 5.75 Å². The molecule has 0 fully saturated rings. The third-order valence-electron chi connectivity index (χ3n) is 6.26. The minimum absolute atomic E-state index is 0.126. The number of likely N-dealkylation sites (N-methyl/N-ethyl adjacent to an activating group) is 1. The molecule has 0 aromatic heterocycles. The quantitative estimate of drug-likeness (QED) is 0.148. The van der Waals surface area contributed by atoms with Crippen molar-refractivity contribution in [1.29, 1.82) is 0 Å². The summed E-state index contributed by atoms with van der Waals surface area (Å²) in [6.45, 7) is 1.01. The topological polar surface area (TPSA) is 102 Å². The lowest BCUT2D eigenvalue weighted by molar-refractivity contribution is -0.385. The fraction of sp³-hybridized carbons (Fsp3) is 0.286. The number of hydrogen-bond acceptors (Lipinski definition) is 9. The van der Waals surface area contributed by atoms with E-state index >= 15 is 0 Å². The van der Waals surface area contributed by atoms with Gasteiger partial charge in [-0.3, -0.25) is 14.9 Å². The number of amides is 1. The van der Waals surface area contributed by atoms with Crippen molar-refractivity contribution in [1.82, 2.24) is 4.90 Å². The number of carbonyl (C=O) groups is 2. The Morgan fingerprint density at radius 1 is 1.13 bits per heavy atom. The summed E-state index contributed by atoms with van der Waals surface area (Å²) in [6.07, 6.45) is 0.567. The number of nitro benzene ring substituents is 1. The molecule has 0 aliphatic carbocycles. The summed E-state index contributed by atoms with van der Waals surface area (Å²) < 4.78 is 11.3. The van der Waals surface area contributed by atoms with Gasteiger partial charge in [0.15, 0.2) is 6.10 Å². The number of rotatable bonds is 9. The molecule has 0 bridgehead atoms. The van der Waals surface area contributed by atoms with Gasteiger partial charge in [-0.05, 0) is 56.2 Å². The van der Waals surface area contributed by atoms with Gasteiger partial charge in [0.2, 0.25) is 0 Å². The first kappa shape index (κ1) is 28.5. The summed E-state index contributed by atoms with van der Waals surface area (Å²) in [6, 6.07) is 19.0. The Labute approximate surface area is 235 Å². The van der Waals surface area contributed by atoms with E-state index < -0.39 is 22.2 Å². The van der Waals surface area contributed by atoms with Gasteiger partial charge < -0.3 is 19.3 Å². The second kappa shape index (κ2) is 12.5. The van der Waals surface area contributed by atoms with E-state index in [1.165, 1.54) is 41.7 Å². The molecular weight excluding hydrogens is 538 g/mol. The Balaban J connectivity index is 1.78. The number of methoxy groups -OCH3 is 1. The zero-order valence-electron chi connectivity index (χ0n) is 22.0. The number of non-ortho nitro benzene ring substituents is 1. The first-order valence-electron chi connectivity index (χ1n) is 12.1. The number of fused-ring (bicyclic) bond motifs is 1. The standard InChI is InChI=1S/C28H29N3O6S2/c1-29(2)15-16-30-22-7-5-6-8-23(22)39-26(18-9-12-20(36-3)13-10-18)25(27(30)32)37-28(33)21-14-11-19(31(34)35)17-24(21)38-4/h5-14,17,25-26H,15-16H2,1-4H3/t25-,26+/m1/s1. The van der Waals surface area contributed by atoms with Crippen molar-refractivity contribution in [3.63, 3.8) is 0 Å². The van der Waals surface area contributed by atoms with Crippen LogP contribution in [0.3, 0.4) is 0 Å². The van der Waals surface area contributed by atoms with Gasteiger partial charge in [-0.1, -0.05) is 24.3 Å². The highest BCUT2D eigenvalue weighted by molar-refractivity contribution is 7.99. The van der Waals surface area contributed by atoms with Crippen molar-refractivity contribution in [2.75, 3.05) is 45.5 Å². The molecule has 11 heteroatoms. The molecule has 0 saturated heterocycles. The van der Waals surface area contributed by atoms with Gasteiger partial charge in [-0.15, -0.1) is 23.5 Å². The summed E-state index contributed by atoms with van der Waals surface area (Å²) in [4.78, 5) is 43.4. The first-order chi connectivity index (χ1) is 18.7. The fourth-order valence-electron chi connectivity index (χ4n) is 4.20. The molecule has 3 aromatic rings. The highest BCUT2D eigenvalue weighted by Crippen LogP contribution is 2.47. The fourth-order valence-corrected chi connectivity index (χ4v) is 6.13. The smallest absolute Gasteiger partial charge is 0.340 e. The summed E-state index contributed by atoms with van der Waals surface area (Å²) in [5.74, 6) is -0.387. The van der Waals surface area contributed by atoms with Crippen LogP contribution in [0.1, 0.15) is 21.2 Å². The summed E-state index contributed by atoms with van der Waals surface area (Å²) >= 11 is 2.66. The molecule has 0 N–H and O–H groups in total. The van der Waals surface area contributed by atoms with Gasteiger partial charge in [-0.25, -0.2) is 4.79 Å². The van der Waals surface area contributed by atoms with E-state index in [4.69, 9.17) is 9.47 Å². The first-order valence-corrected chi connectivity index (χ1v) is 14.2. The molecule has 0 unspecified atom stereocenters. The van der Waals surface area contributed by atoms with Crippen LogP contribution >= 0.6 is 23.5 Å². The highest BCUT2D eigenvalue weighted by Gasteiger charge is 2.41. The minimum atomic E-state index is -1.16. The molecule has 1 heterocycles. The van der Waals surface area contributed by atoms with Crippen LogP contribution in [0.15, 0.2) is 76.5 Å². The van der Waals surface area contributed by atoms with Crippen LogP contribution in [0.25, 0.3) is 0 Å². The highest BCUT2D eigenvalue weighted by atomic mass is 32.2. The van der Waals surface area contributed by atoms with E-state index in [1.807, 2.05) is 67.5 Å². The van der Waals surface area contributed by atoms with Crippen LogP contribution in [0.4, 0.5) is 11.4 Å². The lowest BCUT2D eigenvalue weighted by atomic mass is 10.0. The lowest BCUT2D eigenvalue weighted by Crippen LogP contribution is -2.45. The number of ether oxygens (including phenoxy) is 2. The summed E-state index contributed by atoms with van der Waals surface area (Å²) in [5.41, 5.74) is 1.59. The van der Waals surface area contributed by atoms with E-state index in [9.17, 15) is 19.7 Å². The molecule has 1 aliphatic rings. The maximum atomic E-state index is 14.2. The number of esters is 1. The number of anilines is 1. The molecule has 0 spiro atoms. The third-order valence-corrected chi connectivity index (χ3v) is 8.41. The van der Waals surface area contributed by atoms with E-state index in [2.05, 4.69) is 0 Å². The van der Waals surface area contributed by atoms with Crippen molar-refractivity contribution < 1.29 is 24.0 Å². The number of carbonyl (C=O) groups excluding carboxylic acids is 2. The molecule has 204 valence electrons. The number of nitro groups is 1. The van der Waals surface area contributed by atoms with Crippen molar-refractivity contribution >= 4 is 46.8 Å². The normalized spacial score (nSPS) is 16.9. The molecule has 2 atom stereocenters. The molecule has 0 saturated carbocycles. The Morgan fingerprint density at radius 2 is 1.85 bits per heavy atom. The summed E-state index contributed by atoms with van der Waals surface area (Å²) in [7, 11) is 5.44. The van der Waals surface area contributed by atoms with Gasteiger partial charge >= 0.3 is 5.97 Å². The predicted octanol–water partition coefficient (Wildman–Crippen LogP) is 5.29. The van der Waals surface area contributed by atoms with Gasteiger partial charge in [0.05, 0.1) is 28.5 Å². The van der Waals surface area contributed by atoms with Gasteiger partial charge in [-0.2, -0.15) is 0 Å². The van der Waals surface area contributed by atoms with E-state index in [1.54, 1.807) is 18.3 Å². The monoisotopic (exact) mass is 567 g/mol. The maximum Gasteiger partial charge on any atom is 0.340 e. The summed E-state index contributed by atoms with van der Waals surface area (Å²) in [5, 5.41) is 10.7. The van der Waals surface area contributed by atoms with Gasteiger partial charge in [0, 0.05) is 35.0 Å². The molecular formula is C28H29N3O6S2. The maximum absolute atomic E-state index is 14.2. The van der Waals surface area contributed by atoms with Gasteiger partial charge in [0.1, 0.15) is 5.75 Å². The van der Waals surface area contributed by atoms with Crippen LogP contribution in [-0.2, 0) is 9.53 Å². The molecule has 4 rings (SSSR count). The molecule has 9 nitrogen and oxygen atoms in total. The van der Waals surface area contributed by atoms with Crippen molar-refractivity contribution in [2.45, 2.75) is 21.1 Å². The van der Waals surface area contributed by atoms with E-state index in [-0.39, 0.29) is 17.2 Å². The Bertz CT molecular complexity index is 1370. The third kappa shape index (κ3) is 6.38. The van der Waals surface area contributed by atoms with Crippen molar-refractivity contribution in [2.24, 2.45) is 0 Å². The number of nitrogens with zero attached hydrogens (tertiary/aromatic N) is 3. The van der Waals surface area contributed by atoms with E-state index in [0.717, 1.165) is 16.1 Å². The largest absolute Gasteiger partial charge is 0.497 e. The zero-order valence-corrected chi connectivity index (χ0v) is 23.7. The predicted molar refractivity (Wildman–Crippen MR) is 153 cm³/mol. The Hall–Kier alpha value is -3.54. The zero-order chi connectivity index (χ0) is 28.1. The number of para-hydroxylation sites is 1.